The summed E-state index contributed by atoms with van der Waals surface area (Å²) in [5, 5.41) is 0. The summed E-state index contributed by atoms with van der Waals surface area (Å²) in [7, 11) is 0. The standard InChI is InChI=1S/C16H14F3NO/c17-16(18,19)13-3-1-2-11(8-13)12-6-7-20(14-4-5-14)15(9-12)10-21/h1-3,6,8,14H,4-5,7,9H2. The predicted octanol–water partition coefficient (Wildman–Crippen LogP) is 3.67. The zero-order chi connectivity index (χ0) is 15.0. The first kappa shape index (κ1) is 14.0. The van der Waals surface area contributed by atoms with Crippen molar-refractivity contribution in [2.45, 2.75) is 31.5 Å². The monoisotopic (exact) mass is 293 g/mol. The van der Waals surface area contributed by atoms with E-state index in [-0.39, 0.29) is 0 Å². The van der Waals surface area contributed by atoms with Gasteiger partial charge in [-0.1, -0.05) is 18.2 Å². The zero-order valence-electron chi connectivity index (χ0n) is 11.3. The van der Waals surface area contributed by atoms with E-state index in [2.05, 4.69) is 0 Å². The molecule has 0 amide bonds. The van der Waals surface area contributed by atoms with Crippen LogP contribution in [0.15, 0.2) is 36.0 Å². The van der Waals surface area contributed by atoms with Crippen LogP contribution < -0.4 is 0 Å². The maximum absolute atomic E-state index is 12.8. The Balaban J connectivity index is 1.89. The van der Waals surface area contributed by atoms with Gasteiger partial charge in [0.2, 0.25) is 0 Å². The van der Waals surface area contributed by atoms with Gasteiger partial charge in [0.25, 0.3) is 0 Å². The lowest BCUT2D eigenvalue weighted by atomic mass is 9.96. The topological polar surface area (TPSA) is 20.3 Å². The van der Waals surface area contributed by atoms with Crippen LogP contribution in [0.1, 0.15) is 30.4 Å². The molecule has 1 aliphatic heterocycles. The third-order valence-corrected chi connectivity index (χ3v) is 3.91. The van der Waals surface area contributed by atoms with Crippen molar-refractivity contribution in [3.05, 3.63) is 47.2 Å². The fraction of sp³-hybridized carbons (Fsp3) is 0.375. The van der Waals surface area contributed by atoms with Crippen LogP contribution in [0.4, 0.5) is 13.2 Å². The van der Waals surface area contributed by atoms with Crippen molar-refractivity contribution in [2.75, 3.05) is 6.54 Å². The molecule has 0 aromatic heterocycles. The van der Waals surface area contributed by atoms with Crippen molar-refractivity contribution < 1.29 is 18.0 Å². The van der Waals surface area contributed by atoms with Gasteiger partial charge in [0.15, 0.2) is 0 Å². The quantitative estimate of drug-likeness (QED) is 0.775. The number of halogens is 3. The van der Waals surface area contributed by atoms with Gasteiger partial charge in [0.1, 0.15) is 11.6 Å². The molecule has 5 heteroatoms. The molecule has 1 fully saturated rings. The fourth-order valence-electron chi connectivity index (χ4n) is 2.64. The van der Waals surface area contributed by atoms with Crippen LogP contribution in [0, 0.1) is 0 Å². The van der Waals surface area contributed by atoms with E-state index in [1.165, 1.54) is 6.07 Å². The lowest BCUT2D eigenvalue weighted by Crippen LogP contribution is -2.29. The van der Waals surface area contributed by atoms with Crippen molar-refractivity contribution in [2.24, 2.45) is 0 Å². The summed E-state index contributed by atoms with van der Waals surface area (Å²) in [5.41, 5.74) is 1.17. The van der Waals surface area contributed by atoms with E-state index in [0.29, 0.717) is 30.3 Å². The van der Waals surface area contributed by atoms with Gasteiger partial charge in [0.05, 0.1) is 5.56 Å². The molecule has 0 unspecified atom stereocenters. The highest BCUT2D eigenvalue weighted by molar-refractivity contribution is 5.73. The molecule has 1 aliphatic carbocycles. The molecule has 1 heterocycles. The van der Waals surface area contributed by atoms with Crippen molar-refractivity contribution in [3.63, 3.8) is 0 Å². The van der Waals surface area contributed by atoms with E-state index in [0.717, 1.165) is 30.5 Å². The number of benzene rings is 1. The molecule has 1 saturated carbocycles. The first-order chi connectivity index (χ1) is 9.99. The first-order valence-corrected chi connectivity index (χ1v) is 6.86. The highest BCUT2D eigenvalue weighted by Gasteiger charge is 2.33. The van der Waals surface area contributed by atoms with Gasteiger partial charge >= 0.3 is 6.18 Å². The molecule has 3 rings (SSSR count). The van der Waals surface area contributed by atoms with E-state index in [9.17, 15) is 18.0 Å². The lowest BCUT2D eigenvalue weighted by molar-refractivity contribution is -0.137. The van der Waals surface area contributed by atoms with E-state index >= 15 is 0 Å². The molecule has 1 aromatic rings. The van der Waals surface area contributed by atoms with Crippen LogP contribution in [0.3, 0.4) is 0 Å². The number of alkyl halides is 3. The van der Waals surface area contributed by atoms with Crippen molar-refractivity contribution >= 4 is 11.5 Å². The summed E-state index contributed by atoms with van der Waals surface area (Å²) in [4.78, 5) is 13.1. The van der Waals surface area contributed by atoms with Gasteiger partial charge in [-0.15, -0.1) is 0 Å². The molecule has 0 bridgehead atoms. The molecule has 0 saturated heterocycles. The molecule has 0 radical (unpaired) electrons. The van der Waals surface area contributed by atoms with Gasteiger partial charge in [-0.25, -0.2) is 4.79 Å². The first-order valence-electron chi connectivity index (χ1n) is 6.86. The summed E-state index contributed by atoms with van der Waals surface area (Å²) < 4.78 is 38.3. The average molecular weight is 293 g/mol. The van der Waals surface area contributed by atoms with E-state index in [1.54, 1.807) is 6.07 Å². The number of allylic oxidation sites excluding steroid dienone is 1. The number of nitrogens with zero attached hydrogens (tertiary/aromatic N) is 1. The number of hydrogen-bond donors (Lipinski definition) is 0. The minimum Gasteiger partial charge on any atom is -0.359 e. The predicted molar refractivity (Wildman–Crippen MR) is 73.0 cm³/mol. The smallest absolute Gasteiger partial charge is 0.359 e. The SMILES string of the molecule is O=C=C1CC(c2cccc(C(F)(F)F)c2)=CCN1C1CC1. The number of carbonyl (C=O) groups excluding carboxylic acids is 1. The highest BCUT2D eigenvalue weighted by Crippen LogP contribution is 2.37. The molecule has 1 aromatic carbocycles. The van der Waals surface area contributed by atoms with Crippen LogP contribution in [-0.2, 0) is 11.0 Å². The van der Waals surface area contributed by atoms with Gasteiger partial charge < -0.3 is 4.90 Å². The summed E-state index contributed by atoms with van der Waals surface area (Å²) in [6, 6.07) is 5.65. The summed E-state index contributed by atoms with van der Waals surface area (Å²) in [6.07, 6.45) is 0.0421. The van der Waals surface area contributed by atoms with Crippen LogP contribution in [-0.4, -0.2) is 23.4 Å². The molecule has 21 heavy (non-hydrogen) atoms. The fourth-order valence-corrected chi connectivity index (χ4v) is 2.64. The molecular weight excluding hydrogens is 279 g/mol. The largest absolute Gasteiger partial charge is 0.416 e. The summed E-state index contributed by atoms with van der Waals surface area (Å²) >= 11 is 0. The van der Waals surface area contributed by atoms with Crippen LogP contribution in [0.5, 0.6) is 0 Å². The minimum atomic E-state index is -4.35. The normalized spacial score (nSPS) is 19.3. The molecular formula is C16H14F3NO. The van der Waals surface area contributed by atoms with Gasteiger partial charge in [-0.3, -0.25) is 0 Å². The Morgan fingerprint density at radius 1 is 1.24 bits per heavy atom. The van der Waals surface area contributed by atoms with Crippen molar-refractivity contribution in [1.82, 2.24) is 4.90 Å². The highest BCUT2D eigenvalue weighted by atomic mass is 19.4. The van der Waals surface area contributed by atoms with E-state index in [1.807, 2.05) is 16.9 Å². The lowest BCUT2D eigenvalue weighted by Gasteiger charge is -2.29. The average Bonchev–Trinajstić information content (AvgIpc) is 3.30. The Bertz CT molecular complexity index is 637. The van der Waals surface area contributed by atoms with E-state index in [4.69, 9.17) is 0 Å². The Morgan fingerprint density at radius 3 is 2.62 bits per heavy atom. The van der Waals surface area contributed by atoms with Crippen LogP contribution in [0.2, 0.25) is 0 Å². The van der Waals surface area contributed by atoms with Gasteiger partial charge in [0, 0.05) is 19.0 Å². The third kappa shape index (κ3) is 2.88. The molecule has 0 spiro atoms. The molecule has 2 nitrogen and oxygen atoms in total. The maximum Gasteiger partial charge on any atom is 0.416 e. The zero-order valence-corrected chi connectivity index (χ0v) is 11.3. The number of rotatable bonds is 2. The van der Waals surface area contributed by atoms with Gasteiger partial charge in [-0.2, -0.15) is 13.2 Å². The maximum atomic E-state index is 12.8. The Labute approximate surface area is 120 Å². The summed E-state index contributed by atoms with van der Waals surface area (Å²) in [6.45, 7) is 0.570. The van der Waals surface area contributed by atoms with E-state index < -0.39 is 11.7 Å². The van der Waals surface area contributed by atoms with Crippen molar-refractivity contribution in [3.8, 4) is 0 Å². The molecule has 0 atom stereocenters. The van der Waals surface area contributed by atoms with Crippen LogP contribution >= 0.6 is 0 Å². The van der Waals surface area contributed by atoms with Crippen LogP contribution in [0.25, 0.3) is 5.57 Å². The Kier molecular flexibility index (Phi) is 3.38. The second-order valence-electron chi connectivity index (χ2n) is 5.42. The molecule has 0 N–H and O–H groups in total. The summed E-state index contributed by atoms with van der Waals surface area (Å²) in [5.74, 6) is 1.95. The van der Waals surface area contributed by atoms with Gasteiger partial charge in [-0.05, 0) is 36.1 Å². The molecule has 110 valence electrons. The van der Waals surface area contributed by atoms with Crippen molar-refractivity contribution in [1.29, 1.82) is 0 Å². The second kappa shape index (κ2) is 5.08. The molecule has 2 aliphatic rings. The minimum absolute atomic E-state index is 0.349. The Morgan fingerprint density at radius 2 is 2.00 bits per heavy atom. The Hall–Kier alpha value is -2.00. The number of hydrogen-bond acceptors (Lipinski definition) is 2. The second-order valence-corrected chi connectivity index (χ2v) is 5.42. The third-order valence-electron chi connectivity index (χ3n) is 3.91.